The molecule has 0 aliphatic carbocycles. The van der Waals surface area contributed by atoms with Gasteiger partial charge in [-0.15, -0.1) is 0 Å². The van der Waals surface area contributed by atoms with Gasteiger partial charge in [-0.2, -0.15) is 0 Å². The fourth-order valence-corrected chi connectivity index (χ4v) is 4.39. The molecule has 148 valence electrons. The summed E-state index contributed by atoms with van der Waals surface area (Å²) in [7, 11) is 0. The number of ether oxygens (including phenoxy) is 1. The van der Waals surface area contributed by atoms with E-state index in [0.717, 1.165) is 55.0 Å². The number of rotatable bonds is 7. The third-order valence-electron chi connectivity index (χ3n) is 5.13. The van der Waals surface area contributed by atoms with Crippen LogP contribution in [0.4, 0.5) is 0 Å². The number of aromatic nitrogens is 1. The molecule has 1 atom stereocenters. The van der Waals surface area contributed by atoms with Gasteiger partial charge in [0, 0.05) is 13.1 Å². The Bertz CT molecular complexity index is 856. The van der Waals surface area contributed by atoms with E-state index in [9.17, 15) is 0 Å². The number of nitrogens with two attached hydrogens (primary N) is 1. The van der Waals surface area contributed by atoms with Gasteiger partial charge >= 0.3 is 0 Å². The zero-order chi connectivity index (χ0) is 19.3. The molecule has 2 aromatic carbocycles. The van der Waals surface area contributed by atoms with Gasteiger partial charge in [-0.3, -0.25) is 16.0 Å². The molecule has 28 heavy (non-hydrogen) atoms. The van der Waals surface area contributed by atoms with E-state index >= 15 is 0 Å². The second kappa shape index (κ2) is 8.98. The van der Waals surface area contributed by atoms with Crippen LogP contribution in [-0.2, 0) is 6.54 Å². The molecule has 1 saturated heterocycles. The van der Waals surface area contributed by atoms with Gasteiger partial charge in [0.1, 0.15) is 5.75 Å². The Kier molecular flexibility index (Phi) is 6.19. The predicted octanol–water partition coefficient (Wildman–Crippen LogP) is 3.12. The van der Waals surface area contributed by atoms with Crippen molar-refractivity contribution in [1.29, 1.82) is 0 Å². The monoisotopic (exact) mass is 398 g/mol. The SMILES string of the molecule is NC(O)NCC1CCN(Cc2ccc(Oc3nc4ccccc4s3)cc2)CC1. The van der Waals surface area contributed by atoms with E-state index in [2.05, 4.69) is 33.4 Å². The summed E-state index contributed by atoms with van der Waals surface area (Å²) in [5.41, 5.74) is 7.59. The highest BCUT2D eigenvalue weighted by Gasteiger charge is 2.19. The summed E-state index contributed by atoms with van der Waals surface area (Å²) in [5, 5.41) is 12.7. The smallest absolute Gasteiger partial charge is 0.279 e. The van der Waals surface area contributed by atoms with E-state index in [1.807, 2.05) is 30.3 Å². The number of hydrogen-bond acceptors (Lipinski definition) is 7. The van der Waals surface area contributed by atoms with Crippen LogP contribution in [0, 0.1) is 5.92 Å². The molecule has 4 rings (SSSR count). The van der Waals surface area contributed by atoms with Gasteiger partial charge in [-0.25, -0.2) is 4.98 Å². The molecule has 1 unspecified atom stereocenters. The summed E-state index contributed by atoms with van der Waals surface area (Å²) >= 11 is 1.56. The molecule has 1 fully saturated rings. The largest absolute Gasteiger partial charge is 0.431 e. The van der Waals surface area contributed by atoms with Gasteiger partial charge in [0.2, 0.25) is 0 Å². The second-order valence-corrected chi connectivity index (χ2v) is 8.26. The topological polar surface area (TPSA) is 83.6 Å². The number of aliphatic hydroxyl groups is 1. The van der Waals surface area contributed by atoms with Crippen LogP contribution in [0.2, 0.25) is 0 Å². The van der Waals surface area contributed by atoms with Gasteiger partial charge in [-0.1, -0.05) is 35.6 Å². The molecule has 4 N–H and O–H groups in total. The van der Waals surface area contributed by atoms with Crippen molar-refractivity contribution in [1.82, 2.24) is 15.2 Å². The number of fused-ring (bicyclic) bond motifs is 1. The summed E-state index contributed by atoms with van der Waals surface area (Å²) < 4.78 is 7.06. The van der Waals surface area contributed by atoms with Crippen LogP contribution in [0.15, 0.2) is 48.5 Å². The van der Waals surface area contributed by atoms with Crippen LogP contribution >= 0.6 is 11.3 Å². The van der Waals surface area contributed by atoms with Gasteiger partial charge in [0.15, 0.2) is 6.35 Å². The lowest BCUT2D eigenvalue weighted by atomic mass is 9.96. The highest BCUT2D eigenvalue weighted by Crippen LogP contribution is 2.31. The van der Waals surface area contributed by atoms with E-state index in [1.54, 1.807) is 11.3 Å². The maximum atomic E-state index is 9.12. The first kappa shape index (κ1) is 19.3. The molecule has 2 heterocycles. The summed E-state index contributed by atoms with van der Waals surface area (Å²) in [4.78, 5) is 6.99. The van der Waals surface area contributed by atoms with Crippen LogP contribution in [0.1, 0.15) is 18.4 Å². The van der Waals surface area contributed by atoms with Gasteiger partial charge in [0.25, 0.3) is 5.19 Å². The van der Waals surface area contributed by atoms with Crippen molar-refractivity contribution < 1.29 is 9.84 Å². The molecule has 0 amide bonds. The van der Waals surface area contributed by atoms with Crippen molar-refractivity contribution in [2.45, 2.75) is 25.7 Å². The van der Waals surface area contributed by atoms with E-state index in [1.165, 1.54) is 5.56 Å². The second-order valence-electron chi connectivity index (χ2n) is 7.27. The molecule has 1 aliphatic rings. The standard InChI is InChI=1S/C21H26N4O2S/c22-20(26)23-13-15-9-11-25(12-10-15)14-16-5-7-17(8-6-16)27-21-24-18-3-1-2-4-19(18)28-21/h1-8,15,20,23,26H,9-14,22H2. The van der Waals surface area contributed by atoms with Crippen molar-refractivity contribution in [2.75, 3.05) is 19.6 Å². The summed E-state index contributed by atoms with van der Waals surface area (Å²) in [6, 6.07) is 16.3. The molecule has 1 aromatic heterocycles. The zero-order valence-corrected chi connectivity index (χ0v) is 16.6. The Balaban J connectivity index is 1.28. The number of nitrogens with zero attached hydrogens (tertiary/aromatic N) is 2. The zero-order valence-electron chi connectivity index (χ0n) is 15.8. The van der Waals surface area contributed by atoms with Crippen LogP contribution in [0.3, 0.4) is 0 Å². The quantitative estimate of drug-likeness (QED) is 0.531. The van der Waals surface area contributed by atoms with Crippen LogP contribution < -0.4 is 15.8 Å². The minimum Gasteiger partial charge on any atom is -0.431 e. The maximum Gasteiger partial charge on any atom is 0.279 e. The van der Waals surface area contributed by atoms with Crippen LogP contribution in [-0.4, -0.2) is 41.0 Å². The normalized spacial score (nSPS) is 17.1. The molecular weight excluding hydrogens is 372 g/mol. The first-order chi connectivity index (χ1) is 13.7. The van der Waals surface area contributed by atoms with Crippen molar-refractivity contribution in [3.8, 4) is 10.9 Å². The number of para-hydroxylation sites is 1. The summed E-state index contributed by atoms with van der Waals surface area (Å²) in [6.45, 7) is 3.86. The molecule has 7 heteroatoms. The van der Waals surface area contributed by atoms with Gasteiger partial charge in [0.05, 0.1) is 10.2 Å². The average Bonchev–Trinajstić information content (AvgIpc) is 3.11. The van der Waals surface area contributed by atoms with Gasteiger partial charge < -0.3 is 9.84 Å². The van der Waals surface area contributed by atoms with Crippen molar-refractivity contribution in [3.05, 3.63) is 54.1 Å². The lowest BCUT2D eigenvalue weighted by Crippen LogP contribution is -2.42. The first-order valence-electron chi connectivity index (χ1n) is 9.67. The van der Waals surface area contributed by atoms with Crippen molar-refractivity contribution >= 4 is 21.6 Å². The third kappa shape index (κ3) is 5.06. The Morgan fingerprint density at radius 3 is 2.64 bits per heavy atom. The Morgan fingerprint density at radius 1 is 1.18 bits per heavy atom. The number of nitrogens with one attached hydrogen (secondary N) is 1. The fraction of sp³-hybridized carbons (Fsp3) is 0.381. The molecule has 0 saturated carbocycles. The van der Waals surface area contributed by atoms with E-state index in [4.69, 9.17) is 15.6 Å². The molecule has 6 nitrogen and oxygen atoms in total. The number of benzene rings is 2. The minimum atomic E-state index is -0.915. The molecular formula is C21H26N4O2S. The number of piperidine rings is 1. The highest BCUT2D eigenvalue weighted by molar-refractivity contribution is 7.20. The maximum absolute atomic E-state index is 9.12. The molecule has 0 spiro atoms. The Hall–Kier alpha value is -2.03. The number of thiazole rings is 1. The number of hydrogen-bond donors (Lipinski definition) is 3. The third-order valence-corrected chi connectivity index (χ3v) is 6.05. The molecule has 0 radical (unpaired) electrons. The van der Waals surface area contributed by atoms with Crippen molar-refractivity contribution in [3.63, 3.8) is 0 Å². The predicted molar refractivity (Wildman–Crippen MR) is 112 cm³/mol. The minimum absolute atomic E-state index is 0.582. The Labute approximate surface area is 169 Å². The average molecular weight is 399 g/mol. The lowest BCUT2D eigenvalue weighted by Gasteiger charge is -2.32. The Morgan fingerprint density at radius 2 is 1.93 bits per heavy atom. The molecule has 1 aliphatic heterocycles. The molecule has 3 aromatic rings. The van der Waals surface area contributed by atoms with Gasteiger partial charge in [-0.05, 0) is 61.7 Å². The highest BCUT2D eigenvalue weighted by atomic mass is 32.1. The lowest BCUT2D eigenvalue weighted by molar-refractivity contribution is 0.121. The van der Waals surface area contributed by atoms with E-state index < -0.39 is 6.35 Å². The number of likely N-dealkylation sites (tertiary alicyclic amines) is 1. The molecule has 0 bridgehead atoms. The summed E-state index contributed by atoms with van der Waals surface area (Å²) in [5.74, 6) is 1.40. The summed E-state index contributed by atoms with van der Waals surface area (Å²) in [6.07, 6.45) is 1.33. The van der Waals surface area contributed by atoms with E-state index in [0.29, 0.717) is 11.1 Å². The fourth-order valence-electron chi connectivity index (χ4n) is 3.55. The van der Waals surface area contributed by atoms with Crippen molar-refractivity contribution in [2.24, 2.45) is 11.7 Å². The number of aliphatic hydroxyl groups excluding tert-OH is 1. The van der Waals surface area contributed by atoms with E-state index in [-0.39, 0.29) is 0 Å². The first-order valence-corrected chi connectivity index (χ1v) is 10.5. The van der Waals surface area contributed by atoms with Crippen LogP contribution in [0.5, 0.6) is 10.9 Å². The van der Waals surface area contributed by atoms with Crippen LogP contribution in [0.25, 0.3) is 10.2 Å².